The van der Waals surface area contributed by atoms with Gasteiger partial charge in [0.15, 0.2) is 9.84 Å². The van der Waals surface area contributed by atoms with Gasteiger partial charge in [0.05, 0.1) is 0 Å². The summed E-state index contributed by atoms with van der Waals surface area (Å²) >= 11 is 0. The molecule has 0 bridgehead atoms. The van der Waals surface area contributed by atoms with Gasteiger partial charge in [-0.3, -0.25) is 0 Å². The molecule has 0 aromatic rings. The predicted molar refractivity (Wildman–Crippen MR) is 23.3 cm³/mol. The van der Waals surface area contributed by atoms with Gasteiger partial charge in [0.1, 0.15) is 5.88 Å². The maximum atomic E-state index is 9.82. The minimum absolute atomic E-state index is 0.660. The first kappa shape index (κ1) is 5.91. The number of hydrogen-bond acceptors (Lipinski definition) is 3. The van der Waals surface area contributed by atoms with Crippen molar-refractivity contribution in [3.8, 4) is 0 Å². The molecular weight excluding hydrogens is 102 g/mol. The van der Waals surface area contributed by atoms with Gasteiger partial charge in [-0.15, -0.1) is 0 Å². The van der Waals surface area contributed by atoms with Crippen LogP contribution in [0.5, 0.6) is 0 Å². The molecule has 0 rings (SSSR count). The molecule has 0 unspecified atom stereocenters. The van der Waals surface area contributed by atoms with E-state index in [9.17, 15) is 8.42 Å². The highest BCUT2D eigenvalue weighted by Gasteiger charge is 1.92. The van der Waals surface area contributed by atoms with Gasteiger partial charge < -0.3 is 5.73 Å². The second-order valence-electron chi connectivity index (χ2n) is 0.966. The Morgan fingerprint density at radius 1 is 1.67 bits per heavy atom. The van der Waals surface area contributed by atoms with Crippen LogP contribution in [0, 0.1) is 5.88 Å². The molecule has 0 aliphatic heterocycles. The third-order valence-electron chi connectivity index (χ3n) is 0.247. The van der Waals surface area contributed by atoms with Crippen molar-refractivity contribution in [3.63, 3.8) is 0 Å². The van der Waals surface area contributed by atoms with Gasteiger partial charge in [-0.2, -0.15) is 0 Å². The highest BCUT2D eigenvalue weighted by molar-refractivity contribution is 7.92. The quantitative estimate of drug-likeness (QED) is 0.474. The topological polar surface area (TPSA) is 60.2 Å². The Balaban J connectivity index is 3.85. The summed E-state index contributed by atoms with van der Waals surface area (Å²) in [4.78, 5) is 0. The van der Waals surface area contributed by atoms with Crippen molar-refractivity contribution in [2.45, 2.75) is 0 Å². The lowest BCUT2D eigenvalue weighted by Crippen LogP contribution is -2.03. The molecule has 6 heavy (non-hydrogen) atoms. The van der Waals surface area contributed by atoms with Crippen molar-refractivity contribution < 1.29 is 8.42 Å². The van der Waals surface area contributed by atoms with Crippen LogP contribution >= 0.6 is 0 Å². The molecule has 0 aromatic carbocycles. The molecule has 0 aromatic heterocycles. The monoisotopic (exact) mass is 108 g/mol. The number of rotatable bonds is 1. The molecule has 0 fully saturated rings. The Labute approximate surface area is 37.1 Å². The molecule has 3 nitrogen and oxygen atoms in total. The third-order valence-corrected chi connectivity index (χ3v) is 0.742. The molecule has 0 heterocycles. The average molecular weight is 108 g/mol. The van der Waals surface area contributed by atoms with E-state index in [-0.39, 0.29) is 0 Å². The lowest BCUT2D eigenvalue weighted by Gasteiger charge is -1.80. The van der Waals surface area contributed by atoms with Crippen molar-refractivity contribution in [1.82, 2.24) is 0 Å². The van der Waals surface area contributed by atoms with Gasteiger partial charge in [-0.05, 0) is 0 Å². The van der Waals surface area contributed by atoms with E-state index in [1.165, 1.54) is 0 Å². The maximum Gasteiger partial charge on any atom is 0.165 e. The normalized spacial score (nSPS) is 11.7. The summed E-state index contributed by atoms with van der Waals surface area (Å²) in [5.74, 6) is 0.660. The molecule has 2 N–H and O–H groups in total. The first-order valence-corrected chi connectivity index (χ1v) is 3.27. The first-order chi connectivity index (χ1) is 2.56. The fraction of sp³-hybridized carbons (Fsp3) is 0.500. The highest BCUT2D eigenvalue weighted by Crippen LogP contribution is 1.75. The van der Waals surface area contributed by atoms with E-state index in [0.717, 1.165) is 6.26 Å². The van der Waals surface area contributed by atoms with Crippen LogP contribution in [0.25, 0.3) is 0 Å². The molecule has 0 amide bonds. The van der Waals surface area contributed by atoms with Gasteiger partial charge in [-0.1, -0.05) is 0 Å². The molecule has 0 atom stereocenters. The van der Waals surface area contributed by atoms with Crippen LogP contribution in [0.4, 0.5) is 0 Å². The second kappa shape index (κ2) is 1.57. The van der Waals surface area contributed by atoms with Gasteiger partial charge in [0, 0.05) is 6.26 Å². The number of hydrogen-bond donors (Lipinski definition) is 1. The SMILES string of the molecule is CS(=O)(=O)[CH]N. The van der Waals surface area contributed by atoms with Crippen molar-refractivity contribution >= 4 is 9.84 Å². The van der Waals surface area contributed by atoms with E-state index < -0.39 is 9.84 Å². The van der Waals surface area contributed by atoms with Crippen molar-refractivity contribution in [2.24, 2.45) is 5.73 Å². The summed E-state index contributed by atoms with van der Waals surface area (Å²) in [5, 5.41) is 0. The molecule has 0 aliphatic carbocycles. The standard InChI is InChI=1S/C2H6NO2S/c1-6(4,5)2-3/h2H,3H2,1H3. The van der Waals surface area contributed by atoms with Crippen LogP contribution in [-0.4, -0.2) is 14.7 Å². The Kier molecular flexibility index (Phi) is 1.55. The smallest absolute Gasteiger partial charge is 0.165 e. The maximum absolute atomic E-state index is 9.82. The summed E-state index contributed by atoms with van der Waals surface area (Å²) in [6.07, 6.45) is 1.03. The predicted octanol–water partition coefficient (Wildman–Crippen LogP) is -0.891. The first-order valence-electron chi connectivity index (χ1n) is 1.31. The lowest BCUT2D eigenvalue weighted by molar-refractivity contribution is 0.606. The fourth-order valence-electron chi connectivity index (χ4n) is 0. The van der Waals surface area contributed by atoms with Gasteiger partial charge in [-0.25, -0.2) is 8.42 Å². The molecule has 4 heteroatoms. The van der Waals surface area contributed by atoms with Gasteiger partial charge in [0.25, 0.3) is 0 Å². The molecular formula is C2H6NO2S. The average Bonchev–Trinajstić information content (AvgIpc) is 1.35. The fourth-order valence-corrected chi connectivity index (χ4v) is 0. The van der Waals surface area contributed by atoms with Gasteiger partial charge in [0.2, 0.25) is 0 Å². The Morgan fingerprint density at radius 3 is 1.83 bits per heavy atom. The minimum atomic E-state index is -3.01. The van der Waals surface area contributed by atoms with Gasteiger partial charge >= 0.3 is 0 Å². The van der Waals surface area contributed by atoms with Crippen LogP contribution in [0.15, 0.2) is 0 Å². The van der Waals surface area contributed by atoms with Crippen LogP contribution in [0.1, 0.15) is 0 Å². The van der Waals surface area contributed by atoms with E-state index in [0.29, 0.717) is 5.88 Å². The van der Waals surface area contributed by atoms with E-state index in [1.807, 2.05) is 0 Å². The van der Waals surface area contributed by atoms with Crippen molar-refractivity contribution in [3.05, 3.63) is 5.88 Å². The molecule has 0 saturated carbocycles. The van der Waals surface area contributed by atoms with E-state index >= 15 is 0 Å². The van der Waals surface area contributed by atoms with Crippen molar-refractivity contribution in [2.75, 3.05) is 6.26 Å². The zero-order valence-corrected chi connectivity index (χ0v) is 4.20. The Hall–Kier alpha value is -0.0900. The summed E-state index contributed by atoms with van der Waals surface area (Å²) < 4.78 is 19.6. The van der Waals surface area contributed by atoms with Crippen LogP contribution in [-0.2, 0) is 9.84 Å². The number of sulfone groups is 1. The zero-order valence-electron chi connectivity index (χ0n) is 3.38. The summed E-state index contributed by atoms with van der Waals surface area (Å²) in [6, 6.07) is 0. The molecule has 0 aliphatic rings. The molecule has 0 saturated heterocycles. The minimum Gasteiger partial charge on any atom is -0.313 e. The summed E-state index contributed by atoms with van der Waals surface area (Å²) in [5.41, 5.74) is 4.59. The molecule has 0 spiro atoms. The van der Waals surface area contributed by atoms with E-state index in [4.69, 9.17) is 0 Å². The third kappa shape index (κ3) is 3.91. The summed E-state index contributed by atoms with van der Waals surface area (Å²) in [7, 11) is -3.01. The second-order valence-corrected chi connectivity index (χ2v) is 2.90. The number of nitrogens with two attached hydrogens (primary N) is 1. The zero-order chi connectivity index (χ0) is 5.21. The van der Waals surface area contributed by atoms with Crippen LogP contribution < -0.4 is 5.73 Å². The van der Waals surface area contributed by atoms with Crippen molar-refractivity contribution in [1.29, 1.82) is 0 Å². The lowest BCUT2D eigenvalue weighted by atomic mass is 11.5. The summed E-state index contributed by atoms with van der Waals surface area (Å²) in [6.45, 7) is 0. The van der Waals surface area contributed by atoms with E-state index in [1.54, 1.807) is 0 Å². The Bertz CT molecular complexity index is 114. The van der Waals surface area contributed by atoms with Crippen LogP contribution in [0.2, 0.25) is 0 Å². The molecule has 1 radical (unpaired) electrons. The largest absolute Gasteiger partial charge is 0.313 e. The van der Waals surface area contributed by atoms with Crippen LogP contribution in [0.3, 0.4) is 0 Å². The highest BCUT2D eigenvalue weighted by atomic mass is 32.2. The molecule has 37 valence electrons. The Morgan fingerprint density at radius 2 is 1.83 bits per heavy atom. The van der Waals surface area contributed by atoms with E-state index in [2.05, 4.69) is 5.73 Å².